The molecule has 146 valence electrons. The van der Waals surface area contributed by atoms with Crippen LogP contribution < -0.4 is 16.4 Å². The lowest BCUT2D eigenvalue weighted by atomic mass is 10.1. The summed E-state index contributed by atoms with van der Waals surface area (Å²) in [5.74, 6) is -0.210. The van der Waals surface area contributed by atoms with E-state index in [4.69, 9.17) is 5.73 Å². The summed E-state index contributed by atoms with van der Waals surface area (Å²) >= 11 is 1.46. The highest BCUT2D eigenvalue weighted by atomic mass is 32.1. The number of hydrogen-bond acceptors (Lipinski definition) is 4. The number of aromatic nitrogens is 2. The number of hydrogen-bond donors (Lipinski definition) is 3. The van der Waals surface area contributed by atoms with Crippen LogP contribution in [0.25, 0.3) is 16.7 Å². The van der Waals surface area contributed by atoms with Crippen LogP contribution in [0.5, 0.6) is 0 Å². The molecule has 1 atom stereocenters. The van der Waals surface area contributed by atoms with E-state index in [0.29, 0.717) is 5.69 Å². The average Bonchev–Trinajstić information content (AvgIpc) is 3.38. The van der Waals surface area contributed by atoms with E-state index in [0.717, 1.165) is 21.6 Å². The molecule has 1 unspecified atom stereocenters. The third-order valence-corrected chi connectivity index (χ3v) is 5.46. The third-order valence-electron chi connectivity index (χ3n) is 4.48. The number of nitrogens with one attached hydrogen (secondary N) is 2. The second-order valence-corrected chi connectivity index (χ2v) is 7.46. The van der Waals surface area contributed by atoms with E-state index in [1.54, 1.807) is 6.33 Å². The van der Waals surface area contributed by atoms with E-state index in [2.05, 4.69) is 15.6 Å². The van der Waals surface area contributed by atoms with Crippen LogP contribution in [0.1, 0.15) is 17.3 Å². The third kappa shape index (κ3) is 4.27. The number of carbonyl (C=O) groups is 2. The summed E-state index contributed by atoms with van der Waals surface area (Å²) in [5, 5.41) is 7.38. The van der Waals surface area contributed by atoms with Crippen molar-refractivity contribution in [3.8, 4) is 5.69 Å². The van der Waals surface area contributed by atoms with Gasteiger partial charge in [0.05, 0.1) is 23.5 Å². The fourth-order valence-electron chi connectivity index (χ4n) is 3.15. The number of anilines is 1. The molecule has 8 heteroatoms. The number of fused-ring (bicyclic) bond motifs is 1. The van der Waals surface area contributed by atoms with Crippen LogP contribution in [0.15, 0.2) is 72.4 Å². The van der Waals surface area contributed by atoms with Gasteiger partial charge in [0.15, 0.2) is 0 Å². The largest absolute Gasteiger partial charge is 0.352 e. The molecular weight excluding hydrogens is 386 g/mol. The SMILES string of the molecule is NC(=O)NC(CC(=O)Nc1ccc(-n2cnc3ccccc32)cc1)c1cccs1. The molecule has 0 fully saturated rings. The number of urea groups is 1. The molecular formula is C21H19N5O2S. The van der Waals surface area contributed by atoms with Crippen molar-refractivity contribution in [2.75, 3.05) is 5.32 Å². The molecule has 29 heavy (non-hydrogen) atoms. The number of carbonyl (C=O) groups excluding carboxylic acids is 2. The zero-order valence-corrected chi connectivity index (χ0v) is 16.2. The molecule has 7 nitrogen and oxygen atoms in total. The van der Waals surface area contributed by atoms with Gasteiger partial charge in [-0.25, -0.2) is 9.78 Å². The van der Waals surface area contributed by atoms with Crippen molar-refractivity contribution in [3.05, 3.63) is 77.2 Å². The van der Waals surface area contributed by atoms with E-state index in [1.807, 2.05) is 70.6 Å². The predicted molar refractivity (Wildman–Crippen MR) is 114 cm³/mol. The molecule has 0 aliphatic rings. The van der Waals surface area contributed by atoms with Gasteiger partial charge in [-0.05, 0) is 47.8 Å². The van der Waals surface area contributed by atoms with E-state index >= 15 is 0 Å². The topological polar surface area (TPSA) is 102 Å². The lowest BCUT2D eigenvalue weighted by Gasteiger charge is -2.16. The molecule has 0 aliphatic heterocycles. The quantitative estimate of drug-likeness (QED) is 0.454. The summed E-state index contributed by atoms with van der Waals surface area (Å²) in [6.45, 7) is 0. The Balaban J connectivity index is 1.45. The van der Waals surface area contributed by atoms with Crippen molar-refractivity contribution >= 4 is 40.0 Å². The predicted octanol–water partition coefficient (Wildman–Crippen LogP) is 3.83. The molecule has 4 aromatic rings. The Morgan fingerprint density at radius 2 is 1.86 bits per heavy atom. The monoisotopic (exact) mass is 405 g/mol. The fourth-order valence-corrected chi connectivity index (χ4v) is 3.93. The number of primary amides is 1. The molecule has 3 amide bonds. The second kappa shape index (κ2) is 8.15. The van der Waals surface area contributed by atoms with Gasteiger partial charge >= 0.3 is 6.03 Å². The van der Waals surface area contributed by atoms with Crippen molar-refractivity contribution in [1.29, 1.82) is 0 Å². The number of amides is 3. The standard InChI is InChI=1S/C21H19N5O2S/c22-21(28)25-17(19-6-3-11-29-19)12-20(27)24-14-7-9-15(10-8-14)26-13-23-16-4-1-2-5-18(16)26/h1-11,13,17H,12H2,(H,24,27)(H3,22,25,28). The van der Waals surface area contributed by atoms with Crippen molar-refractivity contribution < 1.29 is 9.59 Å². The van der Waals surface area contributed by atoms with Crippen molar-refractivity contribution in [2.24, 2.45) is 5.73 Å². The molecule has 0 saturated carbocycles. The van der Waals surface area contributed by atoms with Crippen LogP contribution in [0.3, 0.4) is 0 Å². The van der Waals surface area contributed by atoms with Crippen LogP contribution >= 0.6 is 11.3 Å². The first-order chi connectivity index (χ1) is 14.1. The summed E-state index contributed by atoms with van der Waals surface area (Å²) in [7, 11) is 0. The van der Waals surface area contributed by atoms with Crippen molar-refractivity contribution in [2.45, 2.75) is 12.5 Å². The lowest BCUT2D eigenvalue weighted by molar-refractivity contribution is -0.116. The number of benzene rings is 2. The van der Waals surface area contributed by atoms with Crippen LogP contribution in [0.2, 0.25) is 0 Å². The number of rotatable bonds is 6. The summed E-state index contributed by atoms with van der Waals surface area (Å²) in [4.78, 5) is 29.0. The Hall–Kier alpha value is -3.65. The first-order valence-electron chi connectivity index (χ1n) is 9.02. The van der Waals surface area contributed by atoms with E-state index in [-0.39, 0.29) is 12.3 Å². The molecule has 0 aliphatic carbocycles. The summed E-state index contributed by atoms with van der Waals surface area (Å²) in [5.41, 5.74) is 8.80. The maximum absolute atomic E-state index is 12.5. The van der Waals surface area contributed by atoms with Crippen molar-refractivity contribution in [3.63, 3.8) is 0 Å². The Morgan fingerprint density at radius 1 is 1.07 bits per heavy atom. The molecule has 0 bridgehead atoms. The minimum Gasteiger partial charge on any atom is -0.352 e. The van der Waals surface area contributed by atoms with E-state index in [1.165, 1.54) is 11.3 Å². The van der Waals surface area contributed by atoms with Crippen LogP contribution in [0, 0.1) is 0 Å². The minimum atomic E-state index is -0.659. The Bertz CT molecular complexity index is 1140. The van der Waals surface area contributed by atoms with Gasteiger partial charge < -0.3 is 16.4 Å². The van der Waals surface area contributed by atoms with Gasteiger partial charge in [-0.1, -0.05) is 18.2 Å². The normalized spacial score (nSPS) is 11.9. The lowest BCUT2D eigenvalue weighted by Crippen LogP contribution is -2.34. The molecule has 2 heterocycles. The number of nitrogens with zero attached hydrogens (tertiary/aromatic N) is 2. The Morgan fingerprint density at radius 3 is 2.59 bits per heavy atom. The Labute approximate surface area is 171 Å². The van der Waals surface area contributed by atoms with Crippen molar-refractivity contribution in [1.82, 2.24) is 14.9 Å². The van der Waals surface area contributed by atoms with Gasteiger partial charge in [-0.3, -0.25) is 9.36 Å². The average molecular weight is 405 g/mol. The summed E-state index contributed by atoms with van der Waals surface area (Å²) in [6.07, 6.45) is 1.87. The van der Waals surface area contributed by atoms with Crippen LogP contribution in [-0.4, -0.2) is 21.5 Å². The smallest absolute Gasteiger partial charge is 0.312 e. The highest BCUT2D eigenvalue weighted by molar-refractivity contribution is 7.10. The van der Waals surface area contributed by atoms with E-state index in [9.17, 15) is 9.59 Å². The molecule has 0 radical (unpaired) electrons. The van der Waals surface area contributed by atoms with Gasteiger partial charge in [0.2, 0.25) is 5.91 Å². The van der Waals surface area contributed by atoms with E-state index < -0.39 is 12.1 Å². The molecule has 0 spiro atoms. The molecule has 2 aromatic heterocycles. The highest BCUT2D eigenvalue weighted by Crippen LogP contribution is 2.23. The number of para-hydroxylation sites is 2. The minimum absolute atomic E-state index is 0.0946. The van der Waals surface area contributed by atoms with Crippen LogP contribution in [-0.2, 0) is 4.79 Å². The Kier molecular flexibility index (Phi) is 5.26. The maximum atomic E-state index is 12.5. The maximum Gasteiger partial charge on any atom is 0.312 e. The van der Waals surface area contributed by atoms with Gasteiger partial charge in [0.1, 0.15) is 6.33 Å². The number of thiophene rings is 1. The number of imidazole rings is 1. The molecule has 4 N–H and O–H groups in total. The van der Waals surface area contributed by atoms with Crippen LogP contribution in [0.4, 0.5) is 10.5 Å². The number of nitrogens with two attached hydrogens (primary N) is 1. The first kappa shape index (κ1) is 18.7. The van der Waals surface area contributed by atoms with Gasteiger partial charge in [-0.2, -0.15) is 0 Å². The fraction of sp³-hybridized carbons (Fsp3) is 0.0952. The molecule has 0 saturated heterocycles. The molecule has 2 aromatic carbocycles. The van der Waals surface area contributed by atoms with Gasteiger partial charge in [0, 0.05) is 16.3 Å². The highest BCUT2D eigenvalue weighted by Gasteiger charge is 2.18. The summed E-state index contributed by atoms with van der Waals surface area (Å²) in [6, 6.07) is 18.0. The first-order valence-corrected chi connectivity index (χ1v) is 9.90. The zero-order chi connectivity index (χ0) is 20.2. The molecule has 4 rings (SSSR count). The summed E-state index contributed by atoms with van der Waals surface area (Å²) < 4.78 is 1.99. The second-order valence-electron chi connectivity index (χ2n) is 6.48. The zero-order valence-electron chi connectivity index (χ0n) is 15.4. The van der Waals surface area contributed by atoms with Gasteiger partial charge in [-0.15, -0.1) is 11.3 Å². The van der Waals surface area contributed by atoms with Gasteiger partial charge in [0.25, 0.3) is 0 Å².